The van der Waals surface area contributed by atoms with Crippen LogP contribution in [0.4, 0.5) is 17.6 Å². The highest BCUT2D eigenvalue weighted by Crippen LogP contribution is 2.30. The third-order valence-electron chi connectivity index (χ3n) is 3.12. The molecule has 0 saturated heterocycles. The minimum Gasteiger partial charge on any atom is -0.428 e. The summed E-state index contributed by atoms with van der Waals surface area (Å²) in [7, 11) is 0. The SMILES string of the molecule is O=c1oc(-c2cccc(OC(F)(F)C(F)F)c2)nc2ccccc12. The van der Waals surface area contributed by atoms with Gasteiger partial charge in [-0.05, 0) is 30.3 Å². The molecule has 0 bridgehead atoms. The number of ether oxygens (including phenoxy) is 1. The van der Waals surface area contributed by atoms with Gasteiger partial charge < -0.3 is 9.15 Å². The van der Waals surface area contributed by atoms with Gasteiger partial charge in [0.05, 0.1) is 10.9 Å². The second-order valence-electron chi connectivity index (χ2n) is 4.82. The van der Waals surface area contributed by atoms with E-state index in [1.807, 2.05) is 0 Å². The maximum atomic E-state index is 13.0. The Bertz CT molecular complexity index is 940. The molecule has 0 spiro atoms. The molecular weight excluding hydrogens is 330 g/mol. The van der Waals surface area contributed by atoms with Crippen molar-refractivity contribution < 1.29 is 26.7 Å². The van der Waals surface area contributed by atoms with Crippen molar-refractivity contribution in [1.82, 2.24) is 4.98 Å². The van der Waals surface area contributed by atoms with Crippen LogP contribution in [-0.4, -0.2) is 17.5 Å². The van der Waals surface area contributed by atoms with Crippen molar-refractivity contribution in [3.8, 4) is 17.2 Å². The van der Waals surface area contributed by atoms with Gasteiger partial charge in [0.1, 0.15) is 5.75 Å². The first-order chi connectivity index (χ1) is 11.4. The van der Waals surface area contributed by atoms with E-state index in [2.05, 4.69) is 9.72 Å². The van der Waals surface area contributed by atoms with E-state index in [0.717, 1.165) is 12.1 Å². The van der Waals surface area contributed by atoms with Gasteiger partial charge in [-0.3, -0.25) is 0 Å². The Morgan fingerprint density at radius 1 is 1.08 bits per heavy atom. The van der Waals surface area contributed by atoms with Gasteiger partial charge in [0.25, 0.3) is 0 Å². The predicted molar refractivity (Wildman–Crippen MR) is 77.3 cm³/mol. The van der Waals surface area contributed by atoms with Crippen LogP contribution in [0.15, 0.2) is 57.7 Å². The number of aromatic nitrogens is 1. The van der Waals surface area contributed by atoms with Gasteiger partial charge in [0, 0.05) is 5.56 Å². The fourth-order valence-electron chi connectivity index (χ4n) is 2.04. The average molecular weight is 339 g/mol. The van der Waals surface area contributed by atoms with E-state index in [4.69, 9.17) is 4.42 Å². The van der Waals surface area contributed by atoms with E-state index in [1.165, 1.54) is 18.2 Å². The van der Waals surface area contributed by atoms with Crippen LogP contribution >= 0.6 is 0 Å². The van der Waals surface area contributed by atoms with Crippen LogP contribution in [0.3, 0.4) is 0 Å². The van der Waals surface area contributed by atoms with E-state index < -0.39 is 23.9 Å². The van der Waals surface area contributed by atoms with Gasteiger partial charge in [-0.25, -0.2) is 9.78 Å². The van der Waals surface area contributed by atoms with Crippen LogP contribution in [0.1, 0.15) is 0 Å². The molecule has 1 aromatic heterocycles. The molecule has 3 aromatic rings. The summed E-state index contributed by atoms with van der Waals surface area (Å²) in [4.78, 5) is 16.0. The van der Waals surface area contributed by atoms with Crippen LogP contribution in [-0.2, 0) is 0 Å². The van der Waals surface area contributed by atoms with E-state index in [0.29, 0.717) is 5.52 Å². The molecule has 24 heavy (non-hydrogen) atoms. The minimum atomic E-state index is -4.63. The number of para-hydroxylation sites is 1. The molecule has 0 unspecified atom stereocenters. The van der Waals surface area contributed by atoms with Crippen molar-refractivity contribution in [2.45, 2.75) is 12.5 Å². The van der Waals surface area contributed by atoms with Gasteiger partial charge in [-0.2, -0.15) is 17.6 Å². The lowest BCUT2D eigenvalue weighted by Gasteiger charge is -2.17. The molecule has 0 aliphatic carbocycles. The van der Waals surface area contributed by atoms with Crippen molar-refractivity contribution in [1.29, 1.82) is 0 Å². The highest BCUT2D eigenvalue weighted by atomic mass is 19.3. The third kappa shape index (κ3) is 3.08. The van der Waals surface area contributed by atoms with E-state index in [9.17, 15) is 22.4 Å². The molecule has 3 rings (SSSR count). The number of benzene rings is 2. The lowest BCUT2D eigenvalue weighted by molar-refractivity contribution is -0.253. The smallest absolute Gasteiger partial charge is 0.428 e. The number of hydrogen-bond acceptors (Lipinski definition) is 4. The molecular formula is C16H9F4NO3. The number of alkyl halides is 4. The van der Waals surface area contributed by atoms with Crippen LogP contribution in [0.2, 0.25) is 0 Å². The first-order valence-corrected chi connectivity index (χ1v) is 6.72. The number of fused-ring (bicyclic) bond motifs is 1. The molecule has 0 aliphatic rings. The van der Waals surface area contributed by atoms with Crippen LogP contribution in [0.25, 0.3) is 22.4 Å². The van der Waals surface area contributed by atoms with Crippen molar-refractivity contribution in [3.63, 3.8) is 0 Å². The van der Waals surface area contributed by atoms with Gasteiger partial charge in [-0.15, -0.1) is 0 Å². The zero-order valence-corrected chi connectivity index (χ0v) is 11.9. The third-order valence-corrected chi connectivity index (χ3v) is 3.12. The Hall–Kier alpha value is -2.90. The van der Waals surface area contributed by atoms with Crippen LogP contribution in [0.5, 0.6) is 5.75 Å². The Morgan fingerprint density at radius 2 is 1.83 bits per heavy atom. The molecule has 0 amide bonds. The summed E-state index contributed by atoms with van der Waals surface area (Å²) in [6, 6.07) is 11.3. The van der Waals surface area contributed by atoms with Crippen LogP contribution in [0, 0.1) is 0 Å². The largest absolute Gasteiger partial charge is 0.461 e. The summed E-state index contributed by atoms with van der Waals surface area (Å²) in [6.07, 6.45) is -8.60. The number of nitrogens with zero attached hydrogens (tertiary/aromatic N) is 1. The van der Waals surface area contributed by atoms with Gasteiger partial charge in [-0.1, -0.05) is 18.2 Å². The second kappa shape index (κ2) is 5.95. The lowest BCUT2D eigenvalue weighted by atomic mass is 10.2. The van der Waals surface area contributed by atoms with E-state index in [-0.39, 0.29) is 16.8 Å². The molecule has 4 nitrogen and oxygen atoms in total. The fourth-order valence-corrected chi connectivity index (χ4v) is 2.04. The number of hydrogen-bond donors (Lipinski definition) is 0. The van der Waals surface area contributed by atoms with Crippen molar-refractivity contribution in [3.05, 3.63) is 59.0 Å². The Kier molecular flexibility index (Phi) is 3.96. The molecule has 8 heteroatoms. The standard InChI is InChI=1S/C16H9F4NO3/c17-15(18)16(19,20)24-10-5-3-4-9(8-10)13-21-12-7-2-1-6-11(12)14(22)23-13/h1-8,15H. The normalized spacial score (nSPS) is 11.9. The highest BCUT2D eigenvalue weighted by molar-refractivity contribution is 5.78. The fraction of sp³-hybridized carbons (Fsp3) is 0.125. The van der Waals surface area contributed by atoms with E-state index >= 15 is 0 Å². The summed E-state index contributed by atoms with van der Waals surface area (Å²) in [5.41, 5.74) is -0.159. The van der Waals surface area contributed by atoms with Crippen LogP contribution < -0.4 is 10.4 Å². The molecule has 0 radical (unpaired) electrons. The molecule has 0 aliphatic heterocycles. The minimum absolute atomic E-state index is 0.135. The van der Waals surface area contributed by atoms with Gasteiger partial charge in [0.2, 0.25) is 5.89 Å². The summed E-state index contributed by atoms with van der Waals surface area (Å²) >= 11 is 0. The zero-order chi connectivity index (χ0) is 17.3. The van der Waals surface area contributed by atoms with Gasteiger partial charge >= 0.3 is 18.2 Å². The maximum Gasteiger partial charge on any atom is 0.461 e. The quantitative estimate of drug-likeness (QED) is 0.672. The Labute approximate surface area is 132 Å². The lowest BCUT2D eigenvalue weighted by Crippen LogP contribution is -2.33. The number of halogens is 4. The van der Waals surface area contributed by atoms with Crippen molar-refractivity contribution in [2.75, 3.05) is 0 Å². The van der Waals surface area contributed by atoms with E-state index in [1.54, 1.807) is 18.2 Å². The highest BCUT2D eigenvalue weighted by Gasteiger charge is 2.44. The van der Waals surface area contributed by atoms with Crippen molar-refractivity contribution >= 4 is 10.9 Å². The monoisotopic (exact) mass is 339 g/mol. The molecule has 1 heterocycles. The Morgan fingerprint density at radius 3 is 2.58 bits per heavy atom. The maximum absolute atomic E-state index is 13.0. The molecule has 0 N–H and O–H groups in total. The molecule has 2 aromatic carbocycles. The molecule has 124 valence electrons. The Balaban J connectivity index is 2.02. The summed E-state index contributed by atoms with van der Waals surface area (Å²) in [6.45, 7) is 0. The summed E-state index contributed by atoms with van der Waals surface area (Å²) < 4.78 is 59.4. The topological polar surface area (TPSA) is 52.3 Å². The summed E-state index contributed by atoms with van der Waals surface area (Å²) in [5.74, 6) is -0.639. The first-order valence-electron chi connectivity index (χ1n) is 6.72. The first kappa shape index (κ1) is 16.0. The molecule has 0 saturated carbocycles. The molecule has 0 fully saturated rings. The predicted octanol–water partition coefficient (Wildman–Crippen LogP) is 4.09. The molecule has 0 atom stereocenters. The second-order valence-corrected chi connectivity index (χ2v) is 4.82. The van der Waals surface area contributed by atoms with Crippen molar-refractivity contribution in [2.24, 2.45) is 0 Å². The average Bonchev–Trinajstić information content (AvgIpc) is 2.54. The zero-order valence-electron chi connectivity index (χ0n) is 11.9. The van der Waals surface area contributed by atoms with Gasteiger partial charge in [0.15, 0.2) is 0 Å². The summed E-state index contributed by atoms with van der Waals surface area (Å²) in [5, 5.41) is 0.262. The number of rotatable bonds is 4.